The Morgan fingerprint density at radius 2 is 1.50 bits per heavy atom. The summed E-state index contributed by atoms with van der Waals surface area (Å²) in [7, 11) is 0. The molecule has 0 aromatic heterocycles. The van der Waals surface area contributed by atoms with Gasteiger partial charge in [-0.05, 0) is 24.5 Å². The van der Waals surface area contributed by atoms with E-state index < -0.39 is 17.6 Å². The van der Waals surface area contributed by atoms with Crippen LogP contribution < -0.4 is 4.72 Å². The predicted octanol–water partition coefficient (Wildman–Crippen LogP) is 5.17. The van der Waals surface area contributed by atoms with Crippen LogP contribution in [0.3, 0.4) is 0 Å². The zero-order chi connectivity index (χ0) is 14.2. The van der Waals surface area contributed by atoms with Gasteiger partial charge in [0.2, 0.25) is 0 Å². The van der Waals surface area contributed by atoms with Crippen molar-refractivity contribution < 1.29 is 13.2 Å². The molecule has 0 aliphatic heterocycles. The van der Waals surface area contributed by atoms with Crippen LogP contribution in [0, 0.1) is 5.41 Å². The zero-order valence-corrected chi connectivity index (χ0v) is 12.7. The second-order valence-corrected chi connectivity index (χ2v) is 5.80. The average molecular weight is 285 g/mol. The van der Waals surface area contributed by atoms with E-state index >= 15 is 0 Å². The molecule has 0 radical (unpaired) electrons. The number of hydrogen-bond donors (Lipinski definition) is 1. The van der Waals surface area contributed by atoms with Crippen LogP contribution in [0.4, 0.5) is 13.2 Å². The van der Waals surface area contributed by atoms with Gasteiger partial charge in [0.15, 0.2) is 0 Å². The number of rotatable bonds is 9. The Balaban J connectivity index is 4.95. The number of alkyl halides is 3. The molecule has 0 spiro atoms. The third kappa shape index (κ3) is 5.83. The Bertz CT molecular complexity index is 211. The molecule has 1 N–H and O–H groups in total. The van der Waals surface area contributed by atoms with Gasteiger partial charge in [0.05, 0.1) is 0 Å². The van der Waals surface area contributed by atoms with Crippen molar-refractivity contribution in [1.82, 2.24) is 4.72 Å². The standard InChI is InChI=1S/C13H26F3NS/c1-5-7-9-12(3,10-8-6-2)11(17-18-4)13(14,15)16/h11,17H,5-10H2,1-4H3. The normalized spacial score (nSPS) is 14.8. The van der Waals surface area contributed by atoms with Crippen LogP contribution >= 0.6 is 11.9 Å². The molecule has 0 aromatic carbocycles. The van der Waals surface area contributed by atoms with E-state index in [1.54, 1.807) is 13.2 Å². The SMILES string of the molecule is CCCCC(C)(CCCC)C(NSC)C(F)(F)F. The van der Waals surface area contributed by atoms with Gasteiger partial charge < -0.3 is 0 Å². The Kier molecular flexibility index (Phi) is 8.35. The molecule has 18 heavy (non-hydrogen) atoms. The second-order valence-electron chi connectivity index (χ2n) is 5.16. The molecule has 0 amide bonds. The molecule has 5 heteroatoms. The summed E-state index contributed by atoms with van der Waals surface area (Å²) in [5, 5.41) is 0. The molecule has 110 valence electrons. The number of hydrogen-bond acceptors (Lipinski definition) is 2. The summed E-state index contributed by atoms with van der Waals surface area (Å²) >= 11 is 1.06. The van der Waals surface area contributed by atoms with Gasteiger partial charge in [0.25, 0.3) is 0 Å². The van der Waals surface area contributed by atoms with E-state index in [4.69, 9.17) is 0 Å². The molecule has 0 aromatic rings. The van der Waals surface area contributed by atoms with Crippen LogP contribution in [0.15, 0.2) is 0 Å². The first-order valence-corrected chi connectivity index (χ1v) is 7.89. The maximum Gasteiger partial charge on any atom is 0.405 e. The molecule has 0 saturated heterocycles. The Morgan fingerprint density at radius 1 is 1.06 bits per heavy atom. The van der Waals surface area contributed by atoms with E-state index in [-0.39, 0.29) is 0 Å². The van der Waals surface area contributed by atoms with Crippen molar-refractivity contribution in [2.24, 2.45) is 5.41 Å². The fourth-order valence-corrected chi connectivity index (χ4v) is 2.95. The summed E-state index contributed by atoms with van der Waals surface area (Å²) in [5.41, 5.74) is -0.701. The zero-order valence-electron chi connectivity index (χ0n) is 11.9. The highest BCUT2D eigenvalue weighted by atomic mass is 32.2. The van der Waals surface area contributed by atoms with Crippen molar-refractivity contribution >= 4 is 11.9 Å². The minimum atomic E-state index is -4.18. The van der Waals surface area contributed by atoms with Gasteiger partial charge in [0.1, 0.15) is 6.04 Å². The van der Waals surface area contributed by atoms with Crippen molar-refractivity contribution in [2.75, 3.05) is 6.26 Å². The molecule has 1 atom stereocenters. The lowest BCUT2D eigenvalue weighted by Gasteiger charge is -2.39. The molecule has 0 bridgehead atoms. The van der Waals surface area contributed by atoms with Crippen LogP contribution in [0.2, 0.25) is 0 Å². The van der Waals surface area contributed by atoms with E-state index in [9.17, 15) is 13.2 Å². The van der Waals surface area contributed by atoms with Gasteiger partial charge in [-0.2, -0.15) is 13.2 Å². The minimum absolute atomic E-state index is 0.626. The average Bonchev–Trinajstić information content (AvgIpc) is 2.29. The quantitative estimate of drug-likeness (QED) is 0.586. The molecule has 1 nitrogen and oxygen atoms in total. The fourth-order valence-electron chi connectivity index (χ4n) is 2.30. The van der Waals surface area contributed by atoms with Gasteiger partial charge in [-0.25, -0.2) is 0 Å². The lowest BCUT2D eigenvalue weighted by Crippen LogP contribution is -2.51. The smallest absolute Gasteiger partial charge is 0.252 e. The van der Waals surface area contributed by atoms with Gasteiger partial charge in [-0.15, -0.1) is 0 Å². The number of halogens is 3. The molecule has 0 rings (SSSR count). The summed E-state index contributed by atoms with van der Waals surface area (Å²) < 4.78 is 42.1. The van der Waals surface area contributed by atoms with Crippen molar-refractivity contribution in [2.45, 2.75) is 71.5 Å². The highest BCUT2D eigenvalue weighted by Gasteiger charge is 2.50. The lowest BCUT2D eigenvalue weighted by molar-refractivity contribution is -0.178. The van der Waals surface area contributed by atoms with Crippen LogP contribution in [0.1, 0.15) is 59.3 Å². The van der Waals surface area contributed by atoms with Gasteiger partial charge in [0, 0.05) is 0 Å². The Morgan fingerprint density at radius 3 is 1.78 bits per heavy atom. The highest BCUT2D eigenvalue weighted by Crippen LogP contribution is 2.42. The Labute approximate surface area is 113 Å². The first-order valence-electron chi connectivity index (χ1n) is 6.67. The predicted molar refractivity (Wildman–Crippen MR) is 73.7 cm³/mol. The monoisotopic (exact) mass is 285 g/mol. The number of nitrogens with one attached hydrogen (secondary N) is 1. The van der Waals surface area contributed by atoms with Gasteiger partial charge >= 0.3 is 6.18 Å². The first kappa shape index (κ1) is 18.1. The van der Waals surface area contributed by atoms with Crippen LogP contribution in [-0.4, -0.2) is 18.5 Å². The second kappa shape index (κ2) is 8.31. The molecule has 1 unspecified atom stereocenters. The maximum atomic E-state index is 13.2. The molecule has 0 heterocycles. The van der Waals surface area contributed by atoms with E-state index in [1.165, 1.54) is 0 Å². The summed E-state index contributed by atoms with van der Waals surface area (Å²) in [6.07, 6.45) is 2.29. The van der Waals surface area contributed by atoms with Gasteiger partial charge in [-0.1, -0.05) is 58.4 Å². The molecule has 0 aliphatic rings. The van der Waals surface area contributed by atoms with Crippen LogP contribution in [-0.2, 0) is 0 Å². The summed E-state index contributed by atoms with van der Waals surface area (Å²) in [5.74, 6) is 0. The molecule has 0 fully saturated rings. The van der Waals surface area contributed by atoms with Crippen molar-refractivity contribution in [3.05, 3.63) is 0 Å². The molecular formula is C13H26F3NS. The van der Waals surface area contributed by atoms with Crippen molar-refractivity contribution in [3.63, 3.8) is 0 Å². The topological polar surface area (TPSA) is 12.0 Å². The van der Waals surface area contributed by atoms with E-state index in [0.717, 1.165) is 37.6 Å². The largest absolute Gasteiger partial charge is 0.405 e. The van der Waals surface area contributed by atoms with E-state index in [1.807, 2.05) is 13.8 Å². The van der Waals surface area contributed by atoms with Crippen LogP contribution in [0.25, 0.3) is 0 Å². The van der Waals surface area contributed by atoms with Crippen LogP contribution in [0.5, 0.6) is 0 Å². The summed E-state index contributed by atoms with van der Waals surface area (Å²) in [6, 6.07) is -1.42. The maximum absolute atomic E-state index is 13.2. The summed E-state index contributed by atoms with van der Waals surface area (Å²) in [6.45, 7) is 5.81. The molecule has 0 aliphatic carbocycles. The number of unbranched alkanes of at least 4 members (excludes halogenated alkanes) is 2. The van der Waals surface area contributed by atoms with Crippen molar-refractivity contribution in [3.8, 4) is 0 Å². The molecule has 0 saturated carbocycles. The third-order valence-corrected chi connectivity index (χ3v) is 3.93. The third-order valence-electron chi connectivity index (χ3n) is 3.46. The van der Waals surface area contributed by atoms with E-state index in [0.29, 0.717) is 12.8 Å². The highest BCUT2D eigenvalue weighted by molar-refractivity contribution is 7.96. The lowest BCUT2D eigenvalue weighted by atomic mass is 9.74. The summed E-state index contributed by atoms with van der Waals surface area (Å²) in [4.78, 5) is 0. The fraction of sp³-hybridized carbons (Fsp3) is 1.00. The van der Waals surface area contributed by atoms with Crippen molar-refractivity contribution in [1.29, 1.82) is 0 Å². The molecular weight excluding hydrogens is 259 g/mol. The first-order chi connectivity index (χ1) is 8.31. The van der Waals surface area contributed by atoms with Gasteiger partial charge in [-0.3, -0.25) is 4.72 Å². The minimum Gasteiger partial charge on any atom is -0.252 e. The Hall–Kier alpha value is 0.100. The van der Waals surface area contributed by atoms with E-state index in [2.05, 4.69) is 4.72 Å².